The van der Waals surface area contributed by atoms with Crippen molar-refractivity contribution in [3.63, 3.8) is 0 Å². The summed E-state index contributed by atoms with van der Waals surface area (Å²) in [5.41, 5.74) is 0.758. The average Bonchev–Trinajstić information content (AvgIpc) is 3.66. The second-order valence-electron chi connectivity index (χ2n) is 9.28. The van der Waals surface area contributed by atoms with E-state index in [9.17, 15) is 14.4 Å². The number of aromatic nitrogens is 1. The zero-order valence-corrected chi connectivity index (χ0v) is 18.8. The summed E-state index contributed by atoms with van der Waals surface area (Å²) in [6.07, 6.45) is 11.7. The fourth-order valence-corrected chi connectivity index (χ4v) is 4.43. The van der Waals surface area contributed by atoms with Crippen molar-refractivity contribution >= 4 is 11.8 Å². The van der Waals surface area contributed by atoms with E-state index in [-0.39, 0.29) is 35.0 Å². The molecule has 0 aliphatic heterocycles. The second-order valence-corrected chi connectivity index (χ2v) is 9.28. The molecule has 1 unspecified atom stereocenters. The molecule has 2 aliphatic rings. The molecule has 0 saturated heterocycles. The molecule has 2 aromatic rings. The van der Waals surface area contributed by atoms with E-state index >= 15 is 0 Å². The number of nitrogens with one attached hydrogen (secondary N) is 2. The van der Waals surface area contributed by atoms with Crippen molar-refractivity contribution < 1.29 is 9.59 Å². The fraction of sp³-hybridized carbons (Fsp3) is 0.500. The van der Waals surface area contributed by atoms with Gasteiger partial charge in [0.2, 0.25) is 5.43 Å². The molecule has 2 saturated carbocycles. The minimum atomic E-state index is -0.488. The van der Waals surface area contributed by atoms with Crippen LogP contribution >= 0.6 is 0 Å². The van der Waals surface area contributed by atoms with Crippen molar-refractivity contribution in [3.8, 4) is 0 Å². The molecule has 32 heavy (non-hydrogen) atoms. The first-order chi connectivity index (χ1) is 15.5. The van der Waals surface area contributed by atoms with Crippen molar-refractivity contribution in [1.82, 2.24) is 15.2 Å². The third kappa shape index (κ3) is 5.47. The van der Waals surface area contributed by atoms with Gasteiger partial charge >= 0.3 is 0 Å². The van der Waals surface area contributed by atoms with E-state index in [4.69, 9.17) is 0 Å². The number of nitrogens with zero attached hydrogens (tertiary/aromatic N) is 1. The lowest BCUT2D eigenvalue weighted by molar-refractivity contribution is 0.0931. The number of hydrogen-bond acceptors (Lipinski definition) is 3. The van der Waals surface area contributed by atoms with Gasteiger partial charge in [0.25, 0.3) is 11.8 Å². The van der Waals surface area contributed by atoms with Gasteiger partial charge in [-0.2, -0.15) is 0 Å². The Morgan fingerprint density at radius 1 is 0.938 bits per heavy atom. The molecule has 1 aromatic carbocycles. The van der Waals surface area contributed by atoms with Crippen LogP contribution in [0.1, 0.15) is 96.5 Å². The molecular weight excluding hydrogens is 402 g/mol. The molecule has 2 aliphatic carbocycles. The van der Waals surface area contributed by atoms with E-state index in [0.29, 0.717) is 6.54 Å². The third-order valence-corrected chi connectivity index (χ3v) is 6.63. The Hall–Kier alpha value is -2.89. The van der Waals surface area contributed by atoms with Gasteiger partial charge in [-0.1, -0.05) is 62.9 Å². The van der Waals surface area contributed by atoms with Gasteiger partial charge in [-0.3, -0.25) is 14.4 Å². The Balaban J connectivity index is 1.51. The maximum atomic E-state index is 13.1. The molecule has 0 bridgehead atoms. The summed E-state index contributed by atoms with van der Waals surface area (Å²) in [4.78, 5) is 39.1. The van der Waals surface area contributed by atoms with Crippen LogP contribution in [0.4, 0.5) is 0 Å². The summed E-state index contributed by atoms with van der Waals surface area (Å²) in [6.45, 7) is 2.46. The van der Waals surface area contributed by atoms with Gasteiger partial charge in [-0.25, -0.2) is 0 Å². The quantitative estimate of drug-likeness (QED) is 0.641. The summed E-state index contributed by atoms with van der Waals surface area (Å²) in [6, 6.07) is 10.3. The molecule has 1 aromatic heterocycles. The SMILES string of the molecule is CC(CNC(=O)c1cn(C2CC2)cc(C(=O)NC2CCCCCC2)c1=O)c1ccccc1. The minimum absolute atomic E-state index is 0.0469. The van der Waals surface area contributed by atoms with Crippen LogP contribution < -0.4 is 16.1 Å². The Kier molecular flexibility index (Phi) is 7.08. The van der Waals surface area contributed by atoms with Crippen LogP contribution in [0.2, 0.25) is 0 Å². The number of carbonyl (C=O) groups is 2. The van der Waals surface area contributed by atoms with Crippen molar-refractivity contribution in [1.29, 1.82) is 0 Å². The van der Waals surface area contributed by atoms with Crippen LogP contribution in [-0.4, -0.2) is 29.0 Å². The Morgan fingerprint density at radius 2 is 1.56 bits per heavy atom. The first-order valence-electron chi connectivity index (χ1n) is 11.9. The van der Waals surface area contributed by atoms with Crippen molar-refractivity contribution in [2.24, 2.45) is 0 Å². The van der Waals surface area contributed by atoms with E-state index in [1.807, 2.05) is 41.8 Å². The zero-order chi connectivity index (χ0) is 22.5. The standard InChI is InChI=1S/C26H33N3O3/c1-18(19-9-5-4-6-10-19)15-27-25(31)22-16-29(21-13-14-21)17-23(24(22)30)26(32)28-20-11-7-2-3-8-12-20/h4-6,9-10,16-18,20-21H,2-3,7-8,11-15H2,1H3,(H,27,31)(H,28,32). The van der Waals surface area contributed by atoms with Crippen LogP contribution in [0.25, 0.3) is 0 Å². The third-order valence-electron chi connectivity index (χ3n) is 6.63. The molecule has 2 fully saturated rings. The summed E-state index contributed by atoms with van der Waals surface area (Å²) >= 11 is 0. The van der Waals surface area contributed by atoms with Gasteiger partial charge in [0.1, 0.15) is 11.1 Å². The Bertz CT molecular complexity index is 1000. The highest BCUT2D eigenvalue weighted by Crippen LogP contribution is 2.34. The van der Waals surface area contributed by atoms with Crippen molar-refractivity contribution in [2.45, 2.75) is 76.3 Å². The molecule has 0 spiro atoms. The lowest BCUT2D eigenvalue weighted by Gasteiger charge is -2.18. The molecule has 6 nitrogen and oxygen atoms in total. The van der Waals surface area contributed by atoms with Gasteiger partial charge in [0, 0.05) is 31.0 Å². The van der Waals surface area contributed by atoms with Crippen molar-refractivity contribution in [3.05, 3.63) is 69.6 Å². The Labute approximate surface area is 189 Å². The predicted molar refractivity (Wildman–Crippen MR) is 125 cm³/mol. The smallest absolute Gasteiger partial charge is 0.256 e. The molecule has 2 amide bonds. The van der Waals surface area contributed by atoms with Gasteiger partial charge in [-0.15, -0.1) is 0 Å². The minimum Gasteiger partial charge on any atom is -0.351 e. The number of hydrogen-bond donors (Lipinski definition) is 2. The number of amides is 2. The van der Waals surface area contributed by atoms with E-state index in [1.165, 1.54) is 12.8 Å². The van der Waals surface area contributed by atoms with Gasteiger partial charge in [0.15, 0.2) is 0 Å². The van der Waals surface area contributed by atoms with E-state index in [2.05, 4.69) is 10.6 Å². The predicted octanol–water partition coefficient (Wildman–Crippen LogP) is 4.17. The van der Waals surface area contributed by atoms with Gasteiger partial charge in [-0.05, 0) is 37.2 Å². The lowest BCUT2D eigenvalue weighted by atomic mass is 10.0. The fourth-order valence-electron chi connectivity index (χ4n) is 4.43. The van der Waals surface area contributed by atoms with Crippen LogP contribution in [0, 0.1) is 0 Å². The van der Waals surface area contributed by atoms with Crippen molar-refractivity contribution in [2.75, 3.05) is 6.54 Å². The van der Waals surface area contributed by atoms with E-state index in [0.717, 1.165) is 44.1 Å². The maximum absolute atomic E-state index is 13.1. The number of rotatable bonds is 7. The van der Waals surface area contributed by atoms with Gasteiger partial charge < -0.3 is 15.2 Å². The summed E-state index contributed by atoms with van der Waals surface area (Å²) < 4.78 is 1.87. The van der Waals surface area contributed by atoms with E-state index < -0.39 is 11.3 Å². The topological polar surface area (TPSA) is 80.2 Å². The molecule has 170 valence electrons. The lowest BCUT2D eigenvalue weighted by Crippen LogP contribution is -2.39. The molecule has 1 atom stereocenters. The molecule has 0 radical (unpaired) electrons. The highest BCUT2D eigenvalue weighted by molar-refractivity contribution is 5.99. The summed E-state index contributed by atoms with van der Waals surface area (Å²) in [5.74, 6) is -0.660. The highest BCUT2D eigenvalue weighted by Gasteiger charge is 2.28. The zero-order valence-electron chi connectivity index (χ0n) is 18.8. The number of carbonyl (C=O) groups excluding carboxylic acids is 2. The van der Waals surface area contributed by atoms with Crippen LogP contribution in [0.3, 0.4) is 0 Å². The highest BCUT2D eigenvalue weighted by atomic mass is 16.2. The molecule has 4 rings (SSSR count). The largest absolute Gasteiger partial charge is 0.351 e. The normalized spacial score (nSPS) is 17.9. The molecular formula is C26H33N3O3. The first kappa shape index (κ1) is 22.3. The number of pyridine rings is 1. The first-order valence-corrected chi connectivity index (χ1v) is 11.9. The Morgan fingerprint density at radius 3 is 2.19 bits per heavy atom. The van der Waals surface area contributed by atoms with E-state index in [1.54, 1.807) is 12.4 Å². The monoisotopic (exact) mass is 435 g/mol. The summed E-state index contributed by atoms with van der Waals surface area (Å²) in [5, 5.41) is 5.95. The van der Waals surface area contributed by atoms with Crippen LogP contribution in [0.15, 0.2) is 47.5 Å². The number of benzene rings is 1. The molecule has 6 heteroatoms. The van der Waals surface area contributed by atoms with Crippen LogP contribution in [0.5, 0.6) is 0 Å². The van der Waals surface area contributed by atoms with Gasteiger partial charge in [0.05, 0.1) is 0 Å². The summed E-state index contributed by atoms with van der Waals surface area (Å²) in [7, 11) is 0. The maximum Gasteiger partial charge on any atom is 0.256 e. The van der Waals surface area contributed by atoms with Crippen LogP contribution in [-0.2, 0) is 0 Å². The second kappa shape index (κ2) is 10.2. The molecule has 2 N–H and O–H groups in total. The average molecular weight is 436 g/mol. The molecule has 1 heterocycles.